The highest BCUT2D eigenvalue weighted by atomic mass is 16.6. The average molecular weight is 59.8 g/mol. The first-order chi connectivity index (χ1) is 1.91. The zero-order valence-electron chi connectivity index (χ0n) is 2.01. The summed E-state index contributed by atoms with van der Waals surface area (Å²) < 4.78 is 3.47. The molecule has 0 fully saturated rings. The number of rotatable bonds is 1. The minimum absolute atomic E-state index is 0.403. The van der Waals surface area contributed by atoms with Crippen molar-refractivity contribution in [3.05, 3.63) is 0 Å². The summed E-state index contributed by atoms with van der Waals surface area (Å²) in [5.74, 6) is 4.22. The minimum atomic E-state index is 0.403. The zero-order chi connectivity index (χ0) is 3.41. The minimum Gasteiger partial charge on any atom is -0.428 e. The van der Waals surface area contributed by atoms with Gasteiger partial charge in [0.1, 0.15) is 0 Å². The van der Waals surface area contributed by atoms with Gasteiger partial charge in [0.15, 0.2) is 0 Å². The Morgan fingerprint density at radius 1 is 2.00 bits per heavy atom. The fraction of sp³-hybridized carbons (Fsp3) is 0. The molecule has 0 spiro atoms. The van der Waals surface area contributed by atoms with Crippen LogP contribution >= 0.6 is 0 Å². The van der Waals surface area contributed by atoms with E-state index in [2.05, 4.69) is 10.7 Å². The molecule has 0 saturated carbocycles. The lowest BCUT2D eigenvalue weighted by Gasteiger charge is -1.71. The molecule has 0 aromatic heterocycles. The number of hydrogen-bond acceptors (Lipinski definition) is 3. The molecule has 0 bridgehead atoms. The van der Waals surface area contributed by atoms with Crippen LogP contribution in [0.2, 0.25) is 0 Å². The van der Waals surface area contributed by atoms with E-state index in [0.29, 0.717) is 7.69 Å². The van der Waals surface area contributed by atoms with Crippen molar-refractivity contribution < 1.29 is 9.78 Å². The van der Waals surface area contributed by atoms with Crippen LogP contribution in [0.4, 0.5) is 0 Å². The molecule has 0 aliphatic heterocycles. The van der Waals surface area contributed by atoms with Gasteiger partial charge in [0.25, 0.3) is 0 Å². The molecule has 0 unspecified atom stereocenters. The molecular weight excluding hydrogens is 56.8 g/mol. The Bertz CT molecular complexity index is 8.00. The van der Waals surface area contributed by atoms with E-state index in [1.165, 1.54) is 0 Å². The van der Waals surface area contributed by atoms with Gasteiger partial charge in [-0.25, -0.2) is 5.90 Å². The van der Waals surface area contributed by atoms with Crippen LogP contribution in [-0.2, 0) is 4.76 Å². The highest BCUT2D eigenvalue weighted by Gasteiger charge is 1.66. The highest BCUT2D eigenvalue weighted by Crippen LogP contribution is 1.31. The maximum absolute atomic E-state index is 7.40. The first-order valence-electron chi connectivity index (χ1n) is 0.730. The quantitative estimate of drug-likeness (QED) is 0.283. The molecule has 0 atom stereocenters. The van der Waals surface area contributed by atoms with Gasteiger partial charge in [-0.3, -0.25) is 0 Å². The third kappa shape index (κ3) is 1.94. The Morgan fingerprint density at radius 2 is 2.25 bits per heavy atom. The van der Waals surface area contributed by atoms with Gasteiger partial charge in [-0.2, -0.15) is 0 Å². The van der Waals surface area contributed by atoms with Gasteiger partial charge in [0, 0.05) is 0 Å². The van der Waals surface area contributed by atoms with Crippen LogP contribution in [-0.4, -0.2) is 12.7 Å². The number of hydrogen-bond donors (Lipinski definition) is 2. The summed E-state index contributed by atoms with van der Waals surface area (Å²) in [7, 11) is 0.403. The summed E-state index contributed by atoms with van der Waals surface area (Å²) in [4.78, 5) is 0. The summed E-state index contributed by atoms with van der Waals surface area (Å²) in [6.45, 7) is 0. The molecule has 3 N–H and O–H groups in total. The van der Waals surface area contributed by atoms with Crippen LogP contribution in [0.1, 0.15) is 0 Å². The van der Waals surface area contributed by atoms with Gasteiger partial charge >= 0.3 is 7.69 Å². The molecule has 0 aromatic rings. The third-order valence-electron chi connectivity index (χ3n) is 0.0609. The standard InChI is InChI=1S/BH3NO2/c2-4-1-3/h3H,2H2. The molecule has 0 aliphatic rings. The predicted molar refractivity (Wildman–Crippen MR) is 13.2 cm³/mol. The zero-order valence-corrected chi connectivity index (χ0v) is 2.01. The highest BCUT2D eigenvalue weighted by molar-refractivity contribution is 6.15. The molecule has 0 heterocycles. The number of nitrogens with two attached hydrogens (primary N) is 1. The Labute approximate surface area is 24.6 Å². The third-order valence-corrected chi connectivity index (χ3v) is 0.0609. The van der Waals surface area contributed by atoms with Gasteiger partial charge in [-0.1, -0.05) is 0 Å². The molecule has 0 amide bonds. The van der Waals surface area contributed by atoms with Gasteiger partial charge in [0.2, 0.25) is 0 Å². The fourth-order valence-corrected chi connectivity index (χ4v) is 0. The van der Waals surface area contributed by atoms with Crippen LogP contribution in [0.25, 0.3) is 0 Å². The molecule has 3 nitrogen and oxygen atoms in total. The summed E-state index contributed by atoms with van der Waals surface area (Å²) in [5.41, 5.74) is 0. The van der Waals surface area contributed by atoms with Crippen molar-refractivity contribution in [3.8, 4) is 0 Å². The van der Waals surface area contributed by atoms with Gasteiger partial charge in [-0.05, 0) is 0 Å². The van der Waals surface area contributed by atoms with Crippen molar-refractivity contribution in [2.24, 2.45) is 5.90 Å². The molecule has 23 valence electrons. The Morgan fingerprint density at radius 3 is 2.25 bits per heavy atom. The Balaban J connectivity index is 1.97. The first-order valence-corrected chi connectivity index (χ1v) is 0.730. The molecule has 0 rings (SSSR count). The lowest BCUT2D eigenvalue weighted by atomic mass is 10.4. The molecular formula is H3BNO2. The molecule has 4 heteroatoms. The van der Waals surface area contributed by atoms with E-state index >= 15 is 0 Å². The Hall–Kier alpha value is -0.0551. The fourth-order valence-electron chi connectivity index (χ4n) is 0. The van der Waals surface area contributed by atoms with Crippen molar-refractivity contribution in [2.75, 3.05) is 0 Å². The summed E-state index contributed by atoms with van der Waals surface area (Å²) >= 11 is 0. The largest absolute Gasteiger partial charge is 0.503 e. The van der Waals surface area contributed by atoms with Crippen molar-refractivity contribution in [2.45, 2.75) is 0 Å². The van der Waals surface area contributed by atoms with Gasteiger partial charge in [-0.15, -0.1) is 0 Å². The summed E-state index contributed by atoms with van der Waals surface area (Å²) in [6.07, 6.45) is 0. The predicted octanol–water partition coefficient (Wildman–Crippen LogP) is -1.60. The van der Waals surface area contributed by atoms with E-state index in [1.807, 2.05) is 0 Å². The molecule has 0 aromatic carbocycles. The van der Waals surface area contributed by atoms with E-state index in [4.69, 9.17) is 5.02 Å². The Kier molecular flexibility index (Phi) is 2.90. The van der Waals surface area contributed by atoms with Crippen LogP contribution < -0.4 is 5.90 Å². The maximum atomic E-state index is 7.40. The molecule has 4 heavy (non-hydrogen) atoms. The van der Waals surface area contributed by atoms with Crippen molar-refractivity contribution in [1.29, 1.82) is 0 Å². The van der Waals surface area contributed by atoms with Crippen LogP contribution in [0.5, 0.6) is 0 Å². The second-order valence-electron chi connectivity index (χ2n) is 0.241. The van der Waals surface area contributed by atoms with Crippen LogP contribution in [0.15, 0.2) is 0 Å². The van der Waals surface area contributed by atoms with E-state index < -0.39 is 0 Å². The smallest absolute Gasteiger partial charge is 0.428 e. The SMILES string of the molecule is NO[B]O. The van der Waals surface area contributed by atoms with E-state index in [-0.39, 0.29) is 0 Å². The summed E-state index contributed by atoms with van der Waals surface area (Å²) in [6, 6.07) is 0. The normalized spacial score (nSPS) is 6.50. The van der Waals surface area contributed by atoms with Crippen molar-refractivity contribution in [3.63, 3.8) is 0 Å². The second-order valence-corrected chi connectivity index (χ2v) is 0.241. The lowest BCUT2D eigenvalue weighted by molar-refractivity contribution is 0.296. The van der Waals surface area contributed by atoms with Crippen molar-refractivity contribution in [1.82, 2.24) is 0 Å². The van der Waals surface area contributed by atoms with Crippen molar-refractivity contribution >= 4 is 7.69 Å². The summed E-state index contributed by atoms with van der Waals surface area (Å²) in [5, 5.41) is 7.40. The van der Waals surface area contributed by atoms with Gasteiger partial charge < -0.3 is 9.78 Å². The van der Waals surface area contributed by atoms with Crippen LogP contribution in [0.3, 0.4) is 0 Å². The van der Waals surface area contributed by atoms with E-state index in [9.17, 15) is 0 Å². The topological polar surface area (TPSA) is 55.5 Å². The van der Waals surface area contributed by atoms with Gasteiger partial charge in [0.05, 0.1) is 0 Å². The second kappa shape index (κ2) is 2.94. The maximum Gasteiger partial charge on any atom is 0.503 e. The van der Waals surface area contributed by atoms with E-state index in [0.717, 1.165) is 0 Å². The molecule has 0 saturated heterocycles. The first kappa shape index (κ1) is 3.94. The average Bonchev–Trinajstić information content (AvgIpc) is 1.37. The lowest BCUT2D eigenvalue weighted by Crippen LogP contribution is -2.02. The van der Waals surface area contributed by atoms with E-state index in [1.54, 1.807) is 0 Å². The molecule has 0 aliphatic carbocycles. The van der Waals surface area contributed by atoms with Crippen LogP contribution in [0, 0.1) is 0 Å². The molecule has 1 radical (unpaired) electrons. The monoisotopic (exact) mass is 60.0 g/mol.